The average Bonchev–Trinajstić information content (AvgIpc) is 3.96. The third-order valence-corrected chi connectivity index (χ3v) is 17.2. The molecule has 0 amide bonds. The zero-order chi connectivity index (χ0) is 56.2. The van der Waals surface area contributed by atoms with Gasteiger partial charge in [0.1, 0.15) is 17.2 Å². The van der Waals surface area contributed by atoms with Crippen molar-refractivity contribution in [3.8, 4) is 50.6 Å². The molecule has 0 aromatic heterocycles. The van der Waals surface area contributed by atoms with Crippen LogP contribution in [0, 0.1) is 0 Å². The van der Waals surface area contributed by atoms with Crippen molar-refractivity contribution in [2.45, 2.75) is 116 Å². The first-order valence-corrected chi connectivity index (χ1v) is 29.4. The molecule has 1 aliphatic heterocycles. The van der Waals surface area contributed by atoms with Crippen LogP contribution in [0.2, 0.25) is 0 Å². The van der Waals surface area contributed by atoms with E-state index >= 15 is 0 Å². The highest BCUT2D eigenvalue weighted by Gasteiger charge is 2.67. The highest BCUT2D eigenvalue weighted by molar-refractivity contribution is 7.67. The molecule has 0 saturated carbocycles. The first kappa shape index (κ1) is 56.5. The van der Waals surface area contributed by atoms with Gasteiger partial charge in [-0.3, -0.25) is 9.05 Å². The number of hydrogen-bond acceptors (Lipinski definition) is 8. The lowest BCUT2D eigenvalue weighted by molar-refractivity contribution is 0.00370. The van der Waals surface area contributed by atoms with Crippen LogP contribution in [-0.4, -0.2) is 28.9 Å². The van der Waals surface area contributed by atoms with Crippen molar-refractivity contribution >= 4 is 21.9 Å². The Bertz CT molecular complexity index is 3210. The van der Waals surface area contributed by atoms with Crippen LogP contribution in [0.3, 0.4) is 0 Å². The Morgan fingerprint density at radius 1 is 0.423 bits per heavy atom. The Kier molecular flexibility index (Phi) is 15.3. The van der Waals surface area contributed by atoms with Crippen LogP contribution >= 0.6 is 16.5 Å². The van der Waals surface area contributed by atoms with Gasteiger partial charge in [0.25, 0.3) is 0 Å². The van der Waals surface area contributed by atoms with Crippen LogP contribution in [0.15, 0.2) is 182 Å². The molecule has 0 spiro atoms. The number of ether oxygens (including phenoxy) is 2. The minimum atomic E-state index is -5.05. The van der Waals surface area contributed by atoms with Crippen molar-refractivity contribution in [1.82, 2.24) is 0 Å². The number of rotatable bonds is 12. The average molecular weight is 1080 g/mol. The summed E-state index contributed by atoms with van der Waals surface area (Å²) in [6.07, 6.45) is 0. The van der Waals surface area contributed by atoms with E-state index in [0.717, 1.165) is 38.9 Å². The summed E-state index contributed by atoms with van der Waals surface area (Å²) in [6, 6.07) is 61.1. The smallest absolute Gasteiger partial charge is 0.441 e. The Morgan fingerprint density at radius 3 is 1.13 bits per heavy atom. The van der Waals surface area contributed by atoms with Crippen molar-refractivity contribution in [3.63, 3.8) is 0 Å². The van der Waals surface area contributed by atoms with Gasteiger partial charge in [-0.1, -0.05) is 253 Å². The Balaban J connectivity index is 1.45. The minimum Gasteiger partial charge on any atom is -0.497 e. The van der Waals surface area contributed by atoms with Crippen LogP contribution in [0.5, 0.6) is 17.2 Å². The SMILES string of the molecule is COc1cc(-c2c(-c3ccc(C(C)(C)C)cc3)c(OC)c(-c3ccc(C(C)(C)C)cc3)c(C(C)(C)C)c2[P+](O)(O)O)c(OP2OC(c3ccccc3)(c3ccccc3)C(c3ccccc3)(c3ccccc3)O2)c(C(C)(C)C)c1. The monoisotopic (exact) mass is 1080 g/mol. The second-order valence-electron chi connectivity index (χ2n) is 24.5. The largest absolute Gasteiger partial charge is 0.497 e. The van der Waals surface area contributed by atoms with Gasteiger partial charge in [0.05, 0.1) is 14.2 Å². The maximum Gasteiger partial charge on any atom is 0.441 e. The molecule has 0 bridgehead atoms. The summed E-state index contributed by atoms with van der Waals surface area (Å²) in [5.41, 5.74) is 5.61. The Hall–Kier alpha value is -6.18. The lowest BCUT2D eigenvalue weighted by Gasteiger charge is -2.43. The molecule has 9 rings (SSSR count). The summed E-state index contributed by atoms with van der Waals surface area (Å²) in [4.78, 5) is 37.6. The van der Waals surface area contributed by atoms with E-state index in [0.29, 0.717) is 56.2 Å². The minimum absolute atomic E-state index is 0.0366. The number of hydrogen-bond donors (Lipinski definition) is 3. The van der Waals surface area contributed by atoms with E-state index in [2.05, 4.69) is 147 Å². The van der Waals surface area contributed by atoms with E-state index in [4.69, 9.17) is 23.0 Å². The third kappa shape index (κ3) is 10.3. The zero-order valence-corrected chi connectivity index (χ0v) is 49.4. The van der Waals surface area contributed by atoms with Crippen molar-refractivity contribution in [3.05, 3.63) is 226 Å². The standard InChI is InChI=1S/C68H75O8P2/c1-63(2,3)47-39-35-45(36-40-47)56-58(62(78(69,70)71)59(66(10,11)12)57(61(56)73-14)46-37-41-48(42-38-46)64(4,5)6)54-43-53(72-13)44-55(65(7,8)9)60(54)74-77-75-67(49-27-19-15-20-28-49,50-29-21-16-22-30-50)68(76-77,51-31-23-17-24-32-51)52-33-25-18-26-34-52/h15-44,69-71H,1-14H3/q+1. The molecule has 1 aliphatic rings. The molecule has 0 aliphatic carbocycles. The maximum absolute atomic E-state index is 12.5. The van der Waals surface area contributed by atoms with Crippen LogP contribution in [0.25, 0.3) is 33.4 Å². The van der Waals surface area contributed by atoms with Crippen LogP contribution in [0.1, 0.15) is 128 Å². The third-order valence-electron chi connectivity index (χ3n) is 14.9. The van der Waals surface area contributed by atoms with Gasteiger partial charge in [-0.2, -0.15) is 14.7 Å². The number of benzene rings is 8. The van der Waals surface area contributed by atoms with Gasteiger partial charge in [0.2, 0.25) is 0 Å². The Morgan fingerprint density at radius 2 is 0.808 bits per heavy atom. The van der Waals surface area contributed by atoms with Crippen molar-refractivity contribution < 1.29 is 37.7 Å². The molecule has 8 nitrogen and oxygen atoms in total. The highest BCUT2D eigenvalue weighted by atomic mass is 31.2. The fourth-order valence-corrected chi connectivity index (χ4v) is 14.0. The molecule has 0 atom stereocenters. The van der Waals surface area contributed by atoms with Crippen molar-refractivity contribution in [2.24, 2.45) is 0 Å². The van der Waals surface area contributed by atoms with E-state index in [-0.39, 0.29) is 16.1 Å². The molecule has 0 unspecified atom stereocenters. The topological polar surface area (TPSA) is 107 Å². The lowest BCUT2D eigenvalue weighted by atomic mass is 9.66. The normalized spacial score (nSPS) is 15.0. The molecule has 3 N–H and O–H groups in total. The van der Waals surface area contributed by atoms with Gasteiger partial charge in [0, 0.05) is 33.4 Å². The second-order valence-corrected chi connectivity index (χ2v) is 27.1. The second kappa shape index (κ2) is 21.1. The zero-order valence-electron chi connectivity index (χ0n) is 47.6. The Labute approximate surface area is 464 Å². The van der Waals surface area contributed by atoms with E-state index in [1.54, 1.807) is 14.2 Å². The van der Waals surface area contributed by atoms with Gasteiger partial charge in [-0.25, -0.2) is 0 Å². The molecule has 1 fully saturated rings. The summed E-state index contributed by atoms with van der Waals surface area (Å²) in [5, 5.41) is -0.0366. The van der Waals surface area contributed by atoms with Crippen LogP contribution in [0.4, 0.5) is 0 Å². The maximum atomic E-state index is 12.5. The van der Waals surface area contributed by atoms with E-state index in [1.807, 2.05) is 118 Å². The summed E-state index contributed by atoms with van der Waals surface area (Å²) in [6.45, 7) is 25.4. The van der Waals surface area contributed by atoms with Gasteiger partial charge < -0.3 is 14.0 Å². The van der Waals surface area contributed by atoms with Crippen LogP contribution in [-0.2, 0) is 41.9 Å². The molecule has 8 aromatic rings. The lowest BCUT2D eigenvalue weighted by Crippen LogP contribution is -2.48. The van der Waals surface area contributed by atoms with Crippen LogP contribution < -0.4 is 19.3 Å². The van der Waals surface area contributed by atoms with E-state index in [9.17, 15) is 14.7 Å². The predicted molar refractivity (Wildman–Crippen MR) is 321 cm³/mol. The van der Waals surface area contributed by atoms with E-state index < -0.39 is 38.6 Å². The number of methoxy groups -OCH3 is 2. The predicted octanol–water partition coefficient (Wildman–Crippen LogP) is 16.8. The van der Waals surface area contributed by atoms with Gasteiger partial charge in [0.15, 0.2) is 16.5 Å². The van der Waals surface area contributed by atoms with Crippen molar-refractivity contribution in [1.29, 1.82) is 0 Å². The molecule has 10 heteroatoms. The fraction of sp³-hybridized carbons (Fsp3) is 0.294. The molecule has 404 valence electrons. The molecule has 78 heavy (non-hydrogen) atoms. The van der Waals surface area contributed by atoms with Gasteiger partial charge in [-0.05, 0) is 78.3 Å². The summed E-state index contributed by atoms with van der Waals surface area (Å²) < 4.78 is 36.2. The molecule has 1 heterocycles. The first-order valence-electron chi connectivity index (χ1n) is 26.6. The highest BCUT2D eigenvalue weighted by Crippen LogP contribution is 2.71. The van der Waals surface area contributed by atoms with Crippen molar-refractivity contribution in [2.75, 3.05) is 14.2 Å². The van der Waals surface area contributed by atoms with Gasteiger partial charge >= 0.3 is 16.5 Å². The molecule has 0 radical (unpaired) electrons. The molecule has 8 aromatic carbocycles. The van der Waals surface area contributed by atoms with E-state index in [1.165, 1.54) is 0 Å². The summed E-state index contributed by atoms with van der Waals surface area (Å²) in [5.74, 6) is 1.29. The quantitative estimate of drug-likeness (QED) is 0.104. The summed E-state index contributed by atoms with van der Waals surface area (Å²) in [7, 11) is -4.23. The molecular formula is C68H75O8P2+. The molecule has 1 saturated heterocycles. The molecular weight excluding hydrogens is 1010 g/mol. The van der Waals surface area contributed by atoms with Gasteiger partial charge in [-0.15, -0.1) is 0 Å². The summed E-state index contributed by atoms with van der Waals surface area (Å²) >= 11 is 0. The fourth-order valence-electron chi connectivity index (χ4n) is 11.1. The first-order chi connectivity index (χ1) is 36.8.